The first-order valence-electron chi connectivity index (χ1n) is 8.58. The Kier molecular flexibility index (Phi) is 3.70. The van der Waals surface area contributed by atoms with Crippen LogP contribution in [-0.2, 0) is 4.84 Å². The number of nitrogens with zero attached hydrogens (tertiary/aromatic N) is 2. The molecule has 1 aromatic rings. The van der Waals surface area contributed by atoms with Gasteiger partial charge >= 0.3 is 0 Å². The van der Waals surface area contributed by atoms with Gasteiger partial charge in [0.25, 0.3) is 0 Å². The van der Waals surface area contributed by atoms with Crippen LogP contribution in [0.1, 0.15) is 51.2 Å². The first-order valence-corrected chi connectivity index (χ1v) is 8.58. The number of hydrogen-bond acceptors (Lipinski definition) is 5. The van der Waals surface area contributed by atoms with E-state index in [4.69, 9.17) is 14.2 Å². The first kappa shape index (κ1) is 14.3. The van der Waals surface area contributed by atoms with Gasteiger partial charge in [0.2, 0.25) is 0 Å². The maximum atomic E-state index is 5.84. The monoisotopic (exact) mass is 303 g/mol. The van der Waals surface area contributed by atoms with Crippen LogP contribution >= 0.6 is 0 Å². The SMILES string of the molecule is CC1CCCCC1N1CCC2(CC1)N=C(c1ccco1)NO2. The van der Waals surface area contributed by atoms with Crippen molar-refractivity contribution in [1.82, 2.24) is 10.4 Å². The molecule has 0 bridgehead atoms. The largest absolute Gasteiger partial charge is 0.461 e. The van der Waals surface area contributed by atoms with E-state index in [0.717, 1.165) is 49.5 Å². The fourth-order valence-electron chi connectivity index (χ4n) is 4.17. The predicted molar refractivity (Wildman–Crippen MR) is 84.4 cm³/mol. The fraction of sp³-hybridized carbons (Fsp3) is 0.706. The zero-order valence-electron chi connectivity index (χ0n) is 13.3. The second kappa shape index (κ2) is 5.70. The van der Waals surface area contributed by atoms with Crippen LogP contribution in [0.5, 0.6) is 0 Å². The number of rotatable bonds is 2. The Morgan fingerprint density at radius 1 is 1.27 bits per heavy atom. The highest BCUT2D eigenvalue weighted by Gasteiger charge is 2.42. The zero-order chi connectivity index (χ0) is 15.0. The fourth-order valence-corrected chi connectivity index (χ4v) is 4.17. The van der Waals surface area contributed by atoms with E-state index in [0.29, 0.717) is 0 Å². The lowest BCUT2D eigenvalue weighted by atomic mass is 9.83. The third-order valence-electron chi connectivity index (χ3n) is 5.52. The lowest BCUT2D eigenvalue weighted by Gasteiger charge is -2.43. The van der Waals surface area contributed by atoms with Crippen LogP contribution in [-0.4, -0.2) is 35.6 Å². The van der Waals surface area contributed by atoms with Gasteiger partial charge in [-0.15, -0.1) is 0 Å². The van der Waals surface area contributed by atoms with E-state index in [9.17, 15) is 0 Å². The summed E-state index contributed by atoms with van der Waals surface area (Å²) in [5.74, 6) is 2.30. The Morgan fingerprint density at radius 3 is 2.82 bits per heavy atom. The van der Waals surface area contributed by atoms with Crippen molar-refractivity contribution in [3.8, 4) is 0 Å². The predicted octanol–water partition coefficient (Wildman–Crippen LogP) is 2.93. The molecule has 2 fully saturated rings. The number of hydrogen-bond donors (Lipinski definition) is 1. The molecule has 2 atom stereocenters. The normalized spacial score (nSPS) is 32.0. The Hall–Kier alpha value is -1.33. The molecular formula is C17H25N3O2. The molecule has 1 saturated heterocycles. The molecule has 3 heterocycles. The molecule has 1 spiro atoms. The van der Waals surface area contributed by atoms with Crippen LogP contribution < -0.4 is 5.48 Å². The summed E-state index contributed by atoms with van der Waals surface area (Å²) >= 11 is 0. The van der Waals surface area contributed by atoms with Gasteiger partial charge in [0.1, 0.15) is 0 Å². The molecule has 4 rings (SSSR count). The molecule has 5 heteroatoms. The van der Waals surface area contributed by atoms with Gasteiger partial charge in [-0.05, 0) is 30.9 Å². The minimum Gasteiger partial charge on any atom is -0.461 e. The molecule has 2 unspecified atom stereocenters. The molecule has 0 aromatic carbocycles. The third kappa shape index (κ3) is 2.57. The van der Waals surface area contributed by atoms with Crippen molar-refractivity contribution in [3.63, 3.8) is 0 Å². The van der Waals surface area contributed by atoms with Crippen molar-refractivity contribution in [1.29, 1.82) is 0 Å². The van der Waals surface area contributed by atoms with Gasteiger partial charge in [0.15, 0.2) is 17.3 Å². The smallest absolute Gasteiger partial charge is 0.191 e. The lowest BCUT2D eigenvalue weighted by molar-refractivity contribution is -0.0981. The number of piperidine rings is 1. The van der Waals surface area contributed by atoms with Crippen LogP contribution in [0.3, 0.4) is 0 Å². The summed E-state index contributed by atoms with van der Waals surface area (Å²) in [6.07, 6.45) is 9.09. The van der Waals surface area contributed by atoms with Crippen molar-refractivity contribution in [2.75, 3.05) is 13.1 Å². The van der Waals surface area contributed by atoms with Gasteiger partial charge in [-0.2, -0.15) is 0 Å². The van der Waals surface area contributed by atoms with E-state index in [-0.39, 0.29) is 0 Å². The summed E-state index contributed by atoms with van der Waals surface area (Å²) in [6, 6.07) is 4.54. The minimum atomic E-state index is -0.392. The summed E-state index contributed by atoms with van der Waals surface area (Å²) in [7, 11) is 0. The highest BCUT2D eigenvalue weighted by Crippen LogP contribution is 2.35. The summed E-state index contributed by atoms with van der Waals surface area (Å²) in [5.41, 5.74) is 2.57. The van der Waals surface area contributed by atoms with Crippen molar-refractivity contribution < 1.29 is 9.25 Å². The van der Waals surface area contributed by atoms with Gasteiger partial charge in [-0.3, -0.25) is 4.90 Å². The Balaban J connectivity index is 1.41. The summed E-state index contributed by atoms with van der Waals surface area (Å²) < 4.78 is 5.40. The Labute approximate surface area is 131 Å². The molecule has 120 valence electrons. The summed E-state index contributed by atoms with van der Waals surface area (Å²) in [4.78, 5) is 13.3. The Bertz CT molecular complexity index is 532. The van der Waals surface area contributed by atoms with Crippen LogP contribution in [0, 0.1) is 5.92 Å². The number of amidine groups is 1. The molecule has 3 aliphatic rings. The van der Waals surface area contributed by atoms with E-state index >= 15 is 0 Å². The number of hydroxylamine groups is 1. The molecule has 0 radical (unpaired) electrons. The van der Waals surface area contributed by atoms with Crippen LogP contribution in [0.2, 0.25) is 0 Å². The second-order valence-corrected chi connectivity index (χ2v) is 6.95. The average Bonchev–Trinajstić information content (AvgIpc) is 3.19. The summed E-state index contributed by atoms with van der Waals surface area (Å²) in [6.45, 7) is 4.56. The molecule has 1 saturated carbocycles. The van der Waals surface area contributed by atoms with Gasteiger partial charge < -0.3 is 4.42 Å². The summed E-state index contributed by atoms with van der Waals surface area (Å²) in [5, 5.41) is 0. The van der Waals surface area contributed by atoms with Crippen LogP contribution in [0.4, 0.5) is 0 Å². The van der Waals surface area contributed by atoms with E-state index in [2.05, 4.69) is 17.3 Å². The van der Waals surface area contributed by atoms with Crippen molar-refractivity contribution in [2.24, 2.45) is 10.9 Å². The molecule has 5 nitrogen and oxygen atoms in total. The molecular weight excluding hydrogens is 278 g/mol. The average molecular weight is 303 g/mol. The zero-order valence-corrected chi connectivity index (χ0v) is 13.3. The number of aliphatic imine (C=N–C) groups is 1. The number of nitrogens with one attached hydrogen (secondary N) is 1. The number of likely N-dealkylation sites (tertiary alicyclic amines) is 1. The highest BCUT2D eigenvalue weighted by atomic mass is 16.7. The maximum absolute atomic E-state index is 5.84. The van der Waals surface area contributed by atoms with Gasteiger partial charge in [0, 0.05) is 32.0 Å². The minimum absolute atomic E-state index is 0.392. The Morgan fingerprint density at radius 2 is 2.09 bits per heavy atom. The third-order valence-corrected chi connectivity index (χ3v) is 5.52. The van der Waals surface area contributed by atoms with E-state index in [1.165, 1.54) is 25.7 Å². The van der Waals surface area contributed by atoms with Crippen LogP contribution in [0.15, 0.2) is 27.8 Å². The molecule has 2 aliphatic heterocycles. The van der Waals surface area contributed by atoms with E-state index in [1.54, 1.807) is 6.26 Å². The van der Waals surface area contributed by atoms with Crippen molar-refractivity contribution >= 4 is 5.84 Å². The van der Waals surface area contributed by atoms with Gasteiger partial charge in [-0.1, -0.05) is 19.8 Å². The highest BCUT2D eigenvalue weighted by molar-refractivity contribution is 5.96. The molecule has 1 N–H and O–H groups in total. The van der Waals surface area contributed by atoms with Gasteiger partial charge in [0.05, 0.1) is 6.26 Å². The second-order valence-electron chi connectivity index (χ2n) is 6.95. The van der Waals surface area contributed by atoms with Crippen molar-refractivity contribution in [3.05, 3.63) is 24.2 Å². The number of furan rings is 1. The maximum Gasteiger partial charge on any atom is 0.191 e. The molecule has 0 amide bonds. The lowest BCUT2D eigenvalue weighted by Crippen LogP contribution is -2.50. The van der Waals surface area contributed by atoms with E-state index in [1.807, 2.05) is 12.1 Å². The first-order chi connectivity index (χ1) is 10.8. The quantitative estimate of drug-likeness (QED) is 0.912. The van der Waals surface area contributed by atoms with Gasteiger partial charge in [-0.25, -0.2) is 15.3 Å². The van der Waals surface area contributed by atoms with Crippen molar-refractivity contribution in [2.45, 2.75) is 57.2 Å². The molecule has 22 heavy (non-hydrogen) atoms. The topological polar surface area (TPSA) is 50.0 Å². The molecule has 1 aliphatic carbocycles. The van der Waals surface area contributed by atoms with Crippen LogP contribution in [0.25, 0.3) is 0 Å². The van der Waals surface area contributed by atoms with E-state index < -0.39 is 5.72 Å². The molecule has 1 aromatic heterocycles. The standard InChI is InChI=1S/C17H25N3O2/c1-13-5-2-3-6-14(13)20-10-8-17(9-11-20)18-16(19-22-17)15-7-4-12-21-15/h4,7,12-14H,2-3,5-6,8-11H2,1H3,(H,18,19).